The van der Waals surface area contributed by atoms with Gasteiger partial charge in [-0.15, -0.1) is 5.10 Å². The quantitative estimate of drug-likeness (QED) is 0.636. The zero-order valence-corrected chi connectivity index (χ0v) is 16.8. The molecule has 2 unspecified atom stereocenters. The average molecular weight is 454 g/mol. The molecule has 6 nitrogen and oxygen atoms in total. The molecule has 2 aromatic rings. The van der Waals surface area contributed by atoms with E-state index in [2.05, 4.69) is 9.84 Å². The number of sulfone groups is 1. The lowest BCUT2D eigenvalue weighted by Gasteiger charge is -2.37. The highest BCUT2D eigenvalue weighted by molar-refractivity contribution is 7.92. The summed E-state index contributed by atoms with van der Waals surface area (Å²) in [4.78, 5) is -0.438. The van der Waals surface area contributed by atoms with Crippen molar-refractivity contribution in [3.05, 3.63) is 41.6 Å². The number of aromatic nitrogens is 2. The van der Waals surface area contributed by atoms with Crippen molar-refractivity contribution in [2.24, 2.45) is 7.05 Å². The second-order valence-corrected chi connectivity index (χ2v) is 9.67. The van der Waals surface area contributed by atoms with Crippen molar-refractivity contribution >= 4 is 9.84 Å². The van der Waals surface area contributed by atoms with E-state index < -0.39 is 43.9 Å². The van der Waals surface area contributed by atoms with Gasteiger partial charge in [0.1, 0.15) is 6.10 Å². The number of nitrogens with zero attached hydrogens (tertiary/aromatic N) is 2. The Bertz CT molecular complexity index is 1020. The highest BCUT2D eigenvalue weighted by Gasteiger charge is 2.46. The summed E-state index contributed by atoms with van der Waals surface area (Å²) in [5, 5.41) is 3.79. The number of hydrogen-bond acceptors (Lipinski definition) is 5. The zero-order chi connectivity index (χ0) is 22.3. The molecule has 1 saturated heterocycles. The molecule has 0 spiro atoms. The molecule has 12 heteroatoms. The Morgan fingerprint density at radius 1 is 1.30 bits per heavy atom. The van der Waals surface area contributed by atoms with Crippen LogP contribution in [0.5, 0.6) is 5.88 Å². The fourth-order valence-corrected chi connectivity index (χ4v) is 5.26. The molecule has 1 aliphatic heterocycles. The summed E-state index contributed by atoms with van der Waals surface area (Å²) in [6, 6.07) is 4.81. The van der Waals surface area contributed by atoms with Crippen LogP contribution in [0.3, 0.4) is 0 Å². The average Bonchev–Trinajstić information content (AvgIpc) is 3.00. The molecule has 1 aliphatic rings. The Labute approximate surface area is 169 Å². The van der Waals surface area contributed by atoms with Crippen LogP contribution in [0.1, 0.15) is 37.1 Å². The number of aryl methyl sites for hydroxylation is 1. The first kappa shape index (κ1) is 22.5. The van der Waals surface area contributed by atoms with Crippen molar-refractivity contribution in [2.75, 3.05) is 6.61 Å². The van der Waals surface area contributed by atoms with Gasteiger partial charge >= 0.3 is 12.8 Å². The van der Waals surface area contributed by atoms with Gasteiger partial charge in [0.25, 0.3) is 0 Å². The van der Waals surface area contributed by atoms with Gasteiger partial charge in [-0.2, -0.15) is 22.0 Å². The van der Waals surface area contributed by atoms with E-state index in [1.54, 1.807) is 0 Å². The van der Waals surface area contributed by atoms with Crippen molar-refractivity contribution in [2.45, 2.75) is 48.3 Å². The normalized spacial score (nSPS) is 23.0. The predicted molar refractivity (Wildman–Crippen MR) is 94.8 cm³/mol. The van der Waals surface area contributed by atoms with Gasteiger partial charge in [-0.1, -0.05) is 6.07 Å². The van der Waals surface area contributed by atoms with Crippen molar-refractivity contribution in [1.29, 1.82) is 0 Å². The Hall–Kier alpha value is -2.21. The molecule has 1 fully saturated rings. The molecular weight excluding hydrogens is 435 g/mol. The first-order valence-corrected chi connectivity index (χ1v) is 10.3. The highest BCUT2D eigenvalue weighted by atomic mass is 32.2. The maximum Gasteiger partial charge on any atom is 0.416 e. The lowest BCUT2D eigenvalue weighted by atomic mass is 9.95. The van der Waals surface area contributed by atoms with E-state index in [1.165, 1.54) is 24.7 Å². The predicted octanol–water partition coefficient (Wildman–Crippen LogP) is 4.12. The smallest absolute Gasteiger partial charge is 0.415 e. The number of hydrogen-bond donors (Lipinski definition) is 0. The molecule has 0 N–H and O–H groups in total. The van der Waals surface area contributed by atoms with Gasteiger partial charge < -0.3 is 9.47 Å². The van der Waals surface area contributed by atoms with Crippen LogP contribution in [0.15, 0.2) is 35.2 Å². The Morgan fingerprint density at radius 3 is 2.63 bits per heavy atom. The summed E-state index contributed by atoms with van der Waals surface area (Å²) >= 11 is 0. The van der Waals surface area contributed by atoms with E-state index in [0.717, 1.165) is 18.2 Å². The fourth-order valence-electron chi connectivity index (χ4n) is 3.43. The van der Waals surface area contributed by atoms with Crippen LogP contribution in [-0.4, -0.2) is 36.2 Å². The van der Waals surface area contributed by atoms with Crippen LogP contribution >= 0.6 is 0 Å². The second-order valence-electron chi connectivity index (χ2n) is 7.20. The van der Waals surface area contributed by atoms with Gasteiger partial charge in [0.05, 0.1) is 20.9 Å². The lowest BCUT2D eigenvalue weighted by molar-refractivity contribution is -0.137. The van der Waals surface area contributed by atoms with Crippen LogP contribution in [0.4, 0.5) is 22.0 Å². The summed E-state index contributed by atoms with van der Waals surface area (Å²) in [7, 11) is -2.71. The minimum atomic E-state index is -4.68. The van der Waals surface area contributed by atoms with E-state index in [-0.39, 0.29) is 25.3 Å². The maximum absolute atomic E-state index is 13.2. The number of benzene rings is 1. The van der Waals surface area contributed by atoms with Gasteiger partial charge in [-0.3, -0.25) is 4.68 Å². The number of halogens is 5. The molecule has 2 atom stereocenters. The fraction of sp³-hybridized carbons (Fsp3) is 0.500. The van der Waals surface area contributed by atoms with Crippen LogP contribution in [0, 0.1) is 0 Å². The first-order chi connectivity index (χ1) is 13.8. The summed E-state index contributed by atoms with van der Waals surface area (Å²) < 4.78 is 100. The minimum Gasteiger partial charge on any atom is -0.415 e. The van der Waals surface area contributed by atoms with Crippen molar-refractivity contribution < 1.29 is 39.8 Å². The van der Waals surface area contributed by atoms with Gasteiger partial charge in [0.2, 0.25) is 5.88 Å². The SMILES string of the molecule is Cn1nc(OC(F)F)cc1C1CC(C)(S(=O)(=O)c2cccc(C(F)(F)F)c2)CCO1. The number of ether oxygens (including phenoxy) is 2. The van der Waals surface area contributed by atoms with E-state index >= 15 is 0 Å². The molecule has 166 valence electrons. The van der Waals surface area contributed by atoms with E-state index in [9.17, 15) is 30.4 Å². The summed E-state index contributed by atoms with van der Waals surface area (Å²) in [5.74, 6) is -0.348. The molecule has 0 saturated carbocycles. The van der Waals surface area contributed by atoms with Crippen LogP contribution < -0.4 is 4.74 Å². The molecule has 0 radical (unpaired) electrons. The third kappa shape index (κ3) is 4.29. The van der Waals surface area contributed by atoms with E-state index in [1.807, 2.05) is 0 Å². The largest absolute Gasteiger partial charge is 0.416 e. The third-order valence-corrected chi connectivity index (χ3v) is 7.66. The highest BCUT2D eigenvalue weighted by Crippen LogP contribution is 2.43. The molecule has 1 aromatic carbocycles. The molecule has 1 aromatic heterocycles. The second kappa shape index (κ2) is 7.80. The molecule has 3 rings (SSSR count). The maximum atomic E-state index is 13.2. The molecule has 30 heavy (non-hydrogen) atoms. The summed E-state index contributed by atoms with van der Waals surface area (Å²) in [5.41, 5.74) is -0.743. The molecule has 0 aliphatic carbocycles. The topological polar surface area (TPSA) is 70.4 Å². The van der Waals surface area contributed by atoms with E-state index in [4.69, 9.17) is 4.74 Å². The van der Waals surface area contributed by atoms with Crippen molar-refractivity contribution in [1.82, 2.24) is 9.78 Å². The van der Waals surface area contributed by atoms with E-state index in [0.29, 0.717) is 11.8 Å². The van der Waals surface area contributed by atoms with Crippen LogP contribution in [-0.2, 0) is 27.8 Å². The third-order valence-electron chi connectivity index (χ3n) is 5.12. The molecule has 0 amide bonds. The van der Waals surface area contributed by atoms with Gasteiger partial charge in [0, 0.05) is 19.7 Å². The molecule has 0 bridgehead atoms. The minimum absolute atomic E-state index is 0.00950. The van der Waals surface area contributed by atoms with Crippen LogP contribution in [0.2, 0.25) is 0 Å². The van der Waals surface area contributed by atoms with Gasteiger partial charge in [-0.05, 0) is 38.0 Å². The van der Waals surface area contributed by atoms with Crippen LogP contribution in [0.25, 0.3) is 0 Å². The Balaban J connectivity index is 1.92. The summed E-state index contributed by atoms with van der Waals surface area (Å²) in [6.45, 7) is -1.63. The Kier molecular flexibility index (Phi) is 5.84. The summed E-state index contributed by atoms with van der Waals surface area (Å²) in [6.07, 6.45) is -5.54. The van der Waals surface area contributed by atoms with Crippen molar-refractivity contribution in [3.8, 4) is 5.88 Å². The monoisotopic (exact) mass is 454 g/mol. The Morgan fingerprint density at radius 2 is 2.00 bits per heavy atom. The number of alkyl halides is 5. The zero-order valence-electron chi connectivity index (χ0n) is 16.0. The molecular formula is C18H19F5N2O4S. The van der Waals surface area contributed by atoms with Gasteiger partial charge in [-0.25, -0.2) is 8.42 Å². The van der Waals surface area contributed by atoms with Crippen molar-refractivity contribution in [3.63, 3.8) is 0 Å². The number of rotatable bonds is 5. The standard InChI is InChI=1S/C18H19F5N2O4S/c1-17(30(26,27)12-5-3-4-11(8-12)18(21,22)23)6-7-28-14(10-17)13-9-15(24-25(13)2)29-16(19)20/h3-5,8-9,14,16H,6-7,10H2,1-2H3. The first-order valence-electron chi connectivity index (χ1n) is 8.86. The lowest BCUT2D eigenvalue weighted by Crippen LogP contribution is -2.42. The van der Waals surface area contributed by atoms with Gasteiger partial charge in [0.15, 0.2) is 9.84 Å². The molecule has 2 heterocycles.